The van der Waals surface area contributed by atoms with E-state index in [0.717, 1.165) is 18.6 Å². The van der Waals surface area contributed by atoms with Crippen molar-refractivity contribution < 1.29 is 4.74 Å². The van der Waals surface area contributed by atoms with Crippen LogP contribution in [0.3, 0.4) is 0 Å². The SMILES string of the molecule is CCC1CCCC(NC2CCOC3(CCSCC3)C2)C1. The fourth-order valence-electron chi connectivity index (χ4n) is 4.41. The first-order valence-electron chi connectivity index (χ1n) is 8.77. The van der Waals surface area contributed by atoms with E-state index in [1.54, 1.807) is 0 Å². The van der Waals surface area contributed by atoms with Gasteiger partial charge in [0.1, 0.15) is 0 Å². The molecule has 1 aliphatic carbocycles. The van der Waals surface area contributed by atoms with Gasteiger partial charge in [0.25, 0.3) is 0 Å². The summed E-state index contributed by atoms with van der Waals surface area (Å²) in [6, 6.07) is 1.50. The van der Waals surface area contributed by atoms with Crippen LogP contribution >= 0.6 is 11.8 Å². The predicted molar refractivity (Wildman–Crippen MR) is 87.4 cm³/mol. The summed E-state index contributed by atoms with van der Waals surface area (Å²) in [7, 11) is 0. The van der Waals surface area contributed by atoms with E-state index >= 15 is 0 Å². The normalized spacial score (nSPS) is 38.0. The van der Waals surface area contributed by atoms with Crippen LogP contribution in [0.2, 0.25) is 0 Å². The third kappa shape index (κ3) is 3.72. The van der Waals surface area contributed by atoms with Gasteiger partial charge in [-0.25, -0.2) is 0 Å². The van der Waals surface area contributed by atoms with Gasteiger partial charge in [0.05, 0.1) is 5.60 Å². The Morgan fingerprint density at radius 2 is 2.00 bits per heavy atom. The Hall–Kier alpha value is 0.270. The second-order valence-corrected chi connectivity index (χ2v) is 8.36. The lowest BCUT2D eigenvalue weighted by atomic mass is 9.82. The molecular formula is C17H31NOS. The zero-order valence-corrected chi connectivity index (χ0v) is 13.9. The van der Waals surface area contributed by atoms with Gasteiger partial charge in [-0.05, 0) is 55.9 Å². The molecule has 1 N–H and O–H groups in total. The van der Waals surface area contributed by atoms with Crippen molar-refractivity contribution >= 4 is 11.8 Å². The Kier molecular flexibility index (Phi) is 5.33. The average molecular weight is 298 g/mol. The highest BCUT2D eigenvalue weighted by Gasteiger charge is 2.39. The first-order chi connectivity index (χ1) is 9.80. The molecule has 0 amide bonds. The van der Waals surface area contributed by atoms with E-state index in [1.807, 2.05) is 0 Å². The Bertz CT molecular complexity index is 298. The zero-order valence-electron chi connectivity index (χ0n) is 13.0. The van der Waals surface area contributed by atoms with Crippen LogP contribution in [0.25, 0.3) is 0 Å². The largest absolute Gasteiger partial charge is 0.375 e. The van der Waals surface area contributed by atoms with E-state index in [9.17, 15) is 0 Å². The molecule has 0 aromatic heterocycles. The number of ether oxygens (including phenoxy) is 1. The number of thioether (sulfide) groups is 1. The van der Waals surface area contributed by atoms with Crippen LogP contribution in [0, 0.1) is 5.92 Å². The quantitative estimate of drug-likeness (QED) is 0.851. The van der Waals surface area contributed by atoms with Crippen LogP contribution in [0.15, 0.2) is 0 Å². The Balaban J connectivity index is 1.52. The highest BCUT2D eigenvalue weighted by atomic mass is 32.2. The second-order valence-electron chi connectivity index (χ2n) is 7.14. The van der Waals surface area contributed by atoms with E-state index in [0.29, 0.717) is 6.04 Å². The van der Waals surface area contributed by atoms with Crippen molar-refractivity contribution in [1.82, 2.24) is 5.32 Å². The van der Waals surface area contributed by atoms with Crippen molar-refractivity contribution in [3.05, 3.63) is 0 Å². The molecule has 0 aromatic carbocycles. The molecule has 3 rings (SSSR count). The number of nitrogens with one attached hydrogen (secondary N) is 1. The molecule has 2 heterocycles. The molecule has 3 fully saturated rings. The van der Waals surface area contributed by atoms with Crippen molar-refractivity contribution in [2.75, 3.05) is 18.1 Å². The Morgan fingerprint density at radius 1 is 1.15 bits per heavy atom. The van der Waals surface area contributed by atoms with Gasteiger partial charge in [-0.3, -0.25) is 0 Å². The minimum absolute atomic E-state index is 0.236. The molecule has 0 aromatic rings. The second kappa shape index (κ2) is 7.02. The third-order valence-corrected chi connectivity index (χ3v) is 6.71. The first kappa shape index (κ1) is 15.2. The molecule has 3 heteroatoms. The molecule has 2 nitrogen and oxygen atoms in total. The molecule has 2 saturated heterocycles. The van der Waals surface area contributed by atoms with Gasteiger partial charge in [0.2, 0.25) is 0 Å². The topological polar surface area (TPSA) is 21.3 Å². The van der Waals surface area contributed by atoms with Crippen molar-refractivity contribution in [1.29, 1.82) is 0 Å². The molecule has 116 valence electrons. The van der Waals surface area contributed by atoms with Gasteiger partial charge >= 0.3 is 0 Å². The van der Waals surface area contributed by atoms with Crippen LogP contribution in [0.4, 0.5) is 0 Å². The van der Waals surface area contributed by atoms with Crippen LogP contribution in [-0.2, 0) is 4.74 Å². The lowest BCUT2D eigenvalue weighted by molar-refractivity contribution is -0.0947. The minimum Gasteiger partial charge on any atom is -0.375 e. The molecule has 3 atom stereocenters. The molecule has 2 aliphatic heterocycles. The van der Waals surface area contributed by atoms with Gasteiger partial charge in [0.15, 0.2) is 0 Å². The maximum atomic E-state index is 6.21. The summed E-state index contributed by atoms with van der Waals surface area (Å²) in [5.41, 5.74) is 0.236. The summed E-state index contributed by atoms with van der Waals surface area (Å²) in [6.45, 7) is 3.34. The summed E-state index contributed by atoms with van der Waals surface area (Å²) >= 11 is 2.10. The molecule has 20 heavy (non-hydrogen) atoms. The maximum Gasteiger partial charge on any atom is 0.0713 e. The monoisotopic (exact) mass is 297 g/mol. The predicted octanol–water partition coefficient (Wildman–Crippen LogP) is 3.99. The summed E-state index contributed by atoms with van der Waals surface area (Å²) < 4.78 is 6.21. The Labute approximate surface area is 128 Å². The average Bonchev–Trinajstić information content (AvgIpc) is 2.48. The fraction of sp³-hybridized carbons (Fsp3) is 1.00. The molecule has 3 unspecified atom stereocenters. The minimum atomic E-state index is 0.236. The molecule has 0 bridgehead atoms. The van der Waals surface area contributed by atoms with Crippen molar-refractivity contribution in [2.24, 2.45) is 5.92 Å². The van der Waals surface area contributed by atoms with Crippen LogP contribution in [-0.4, -0.2) is 35.8 Å². The van der Waals surface area contributed by atoms with Gasteiger partial charge in [-0.1, -0.05) is 26.2 Å². The summed E-state index contributed by atoms with van der Waals surface area (Å²) in [4.78, 5) is 0. The van der Waals surface area contributed by atoms with E-state index in [4.69, 9.17) is 4.74 Å². The zero-order chi connectivity index (χ0) is 13.8. The molecule has 0 radical (unpaired) electrons. The number of rotatable bonds is 3. The van der Waals surface area contributed by atoms with E-state index in [2.05, 4.69) is 24.0 Å². The summed E-state index contributed by atoms with van der Waals surface area (Å²) in [6.07, 6.45) is 12.1. The van der Waals surface area contributed by atoms with Crippen LogP contribution in [0.5, 0.6) is 0 Å². The Morgan fingerprint density at radius 3 is 2.80 bits per heavy atom. The van der Waals surface area contributed by atoms with Crippen LogP contribution < -0.4 is 5.32 Å². The van der Waals surface area contributed by atoms with Gasteiger partial charge in [-0.2, -0.15) is 11.8 Å². The number of hydrogen-bond acceptors (Lipinski definition) is 3. The molecule has 1 saturated carbocycles. The summed E-state index contributed by atoms with van der Waals surface area (Å²) in [5, 5.41) is 4.01. The molecular weight excluding hydrogens is 266 g/mol. The highest BCUT2D eigenvalue weighted by molar-refractivity contribution is 7.99. The van der Waals surface area contributed by atoms with Gasteiger partial charge in [-0.15, -0.1) is 0 Å². The van der Waals surface area contributed by atoms with E-state index in [-0.39, 0.29) is 5.60 Å². The van der Waals surface area contributed by atoms with E-state index in [1.165, 1.54) is 69.3 Å². The lowest BCUT2D eigenvalue weighted by Crippen LogP contribution is -2.51. The van der Waals surface area contributed by atoms with Gasteiger partial charge in [0, 0.05) is 18.7 Å². The van der Waals surface area contributed by atoms with Gasteiger partial charge < -0.3 is 10.1 Å². The van der Waals surface area contributed by atoms with Crippen molar-refractivity contribution in [3.8, 4) is 0 Å². The van der Waals surface area contributed by atoms with Crippen molar-refractivity contribution in [3.63, 3.8) is 0 Å². The standard InChI is InChI=1S/C17H31NOS/c1-2-14-4-3-5-15(12-14)18-16-6-9-19-17(13-16)7-10-20-11-8-17/h14-16,18H,2-13H2,1H3. The smallest absolute Gasteiger partial charge is 0.0713 e. The fourth-order valence-corrected chi connectivity index (χ4v) is 5.65. The molecule has 3 aliphatic rings. The van der Waals surface area contributed by atoms with Crippen molar-refractivity contribution in [2.45, 2.75) is 82.4 Å². The van der Waals surface area contributed by atoms with E-state index < -0.39 is 0 Å². The summed E-state index contributed by atoms with van der Waals surface area (Å²) in [5.74, 6) is 3.57. The maximum absolute atomic E-state index is 6.21. The lowest BCUT2D eigenvalue weighted by Gasteiger charge is -2.45. The first-order valence-corrected chi connectivity index (χ1v) is 9.93. The number of hydrogen-bond donors (Lipinski definition) is 1. The highest BCUT2D eigenvalue weighted by Crippen LogP contribution is 2.38. The molecule has 1 spiro atoms. The van der Waals surface area contributed by atoms with Crippen LogP contribution in [0.1, 0.15) is 64.7 Å². The third-order valence-electron chi connectivity index (χ3n) is 5.73.